The third-order valence-corrected chi connectivity index (χ3v) is 3.60. The lowest BCUT2D eigenvalue weighted by Crippen LogP contribution is -2.46. The van der Waals surface area contributed by atoms with Crippen molar-refractivity contribution in [3.05, 3.63) is 23.8 Å². The molecule has 1 fully saturated rings. The van der Waals surface area contributed by atoms with Crippen LogP contribution in [0.4, 0.5) is 5.69 Å². The van der Waals surface area contributed by atoms with Crippen molar-refractivity contribution in [3.63, 3.8) is 0 Å². The molecule has 0 radical (unpaired) electrons. The van der Waals surface area contributed by atoms with Gasteiger partial charge >= 0.3 is 0 Å². The van der Waals surface area contributed by atoms with Gasteiger partial charge in [0.05, 0.1) is 18.4 Å². The highest BCUT2D eigenvalue weighted by Gasteiger charge is 2.30. The highest BCUT2D eigenvalue weighted by molar-refractivity contribution is 6.02. The number of benzene rings is 1. The van der Waals surface area contributed by atoms with Gasteiger partial charge in [0.15, 0.2) is 5.84 Å². The normalized spacial score (nSPS) is 23.8. The number of rotatable bonds is 3. The molecule has 0 bridgehead atoms. The Balaban J connectivity index is 2.42. The van der Waals surface area contributed by atoms with Gasteiger partial charge in [-0.25, -0.2) is 0 Å². The molecule has 1 aromatic carbocycles. The summed E-state index contributed by atoms with van der Waals surface area (Å²) in [5, 5.41) is 22.2. The third-order valence-electron chi connectivity index (χ3n) is 3.60. The zero-order chi connectivity index (χ0) is 14.8. The van der Waals surface area contributed by atoms with Crippen LogP contribution in [0.2, 0.25) is 0 Å². The van der Waals surface area contributed by atoms with Crippen LogP contribution in [-0.2, 0) is 0 Å². The van der Waals surface area contributed by atoms with Crippen molar-refractivity contribution in [2.45, 2.75) is 25.4 Å². The van der Waals surface area contributed by atoms with Crippen molar-refractivity contribution < 1.29 is 15.1 Å². The second-order valence-electron chi connectivity index (χ2n) is 5.39. The molecule has 1 aromatic rings. The van der Waals surface area contributed by atoms with E-state index in [4.69, 9.17) is 15.7 Å². The van der Waals surface area contributed by atoms with E-state index in [-0.39, 0.29) is 5.84 Å². The van der Waals surface area contributed by atoms with Gasteiger partial charge in [-0.3, -0.25) is 0 Å². The monoisotopic (exact) mass is 279 g/mol. The Hall–Kier alpha value is -1.95. The zero-order valence-corrected chi connectivity index (χ0v) is 11.8. The van der Waals surface area contributed by atoms with Crippen molar-refractivity contribution in [2.24, 2.45) is 10.9 Å². The number of nitrogens with zero attached hydrogens (tertiary/aromatic N) is 2. The number of amidine groups is 1. The summed E-state index contributed by atoms with van der Waals surface area (Å²) in [6.45, 7) is 3.14. The van der Waals surface area contributed by atoms with Gasteiger partial charge in [0.1, 0.15) is 5.75 Å². The Labute approximate surface area is 118 Å². The number of hydrogen-bond acceptors (Lipinski definition) is 5. The molecular formula is C14H21N3O3. The minimum absolute atomic E-state index is 0.0490. The summed E-state index contributed by atoms with van der Waals surface area (Å²) in [4.78, 5) is 2.04. The molecule has 4 N–H and O–H groups in total. The zero-order valence-electron chi connectivity index (χ0n) is 11.8. The maximum absolute atomic E-state index is 10.2. The van der Waals surface area contributed by atoms with Crippen molar-refractivity contribution in [2.75, 3.05) is 25.1 Å². The lowest BCUT2D eigenvalue weighted by atomic mass is 9.94. The Kier molecular flexibility index (Phi) is 4.04. The summed E-state index contributed by atoms with van der Waals surface area (Å²) in [5.74, 6) is 0.743. The van der Waals surface area contributed by atoms with Gasteiger partial charge in [-0.2, -0.15) is 0 Å². The molecular weight excluding hydrogens is 258 g/mol. The van der Waals surface area contributed by atoms with Gasteiger partial charge in [-0.05, 0) is 31.9 Å². The van der Waals surface area contributed by atoms with Gasteiger partial charge in [-0.15, -0.1) is 0 Å². The number of aliphatic hydroxyl groups is 1. The number of piperidine rings is 1. The van der Waals surface area contributed by atoms with Gasteiger partial charge in [0.25, 0.3) is 0 Å². The van der Waals surface area contributed by atoms with Crippen LogP contribution in [0.25, 0.3) is 0 Å². The first-order valence-electron chi connectivity index (χ1n) is 6.60. The molecule has 1 atom stereocenters. The van der Waals surface area contributed by atoms with E-state index in [0.29, 0.717) is 17.9 Å². The first-order valence-corrected chi connectivity index (χ1v) is 6.60. The number of nitrogens with two attached hydrogens (primary N) is 1. The molecule has 110 valence electrons. The summed E-state index contributed by atoms with van der Waals surface area (Å²) >= 11 is 0. The topological polar surface area (TPSA) is 91.3 Å². The van der Waals surface area contributed by atoms with E-state index in [9.17, 15) is 5.11 Å². The highest BCUT2D eigenvalue weighted by atomic mass is 16.5. The second-order valence-corrected chi connectivity index (χ2v) is 5.39. The molecule has 1 aliphatic heterocycles. The molecule has 6 heteroatoms. The number of anilines is 1. The molecule has 20 heavy (non-hydrogen) atoms. The molecule has 1 saturated heterocycles. The number of ether oxygens (including phenoxy) is 1. The van der Waals surface area contributed by atoms with Gasteiger partial charge in [-0.1, -0.05) is 5.16 Å². The number of hydrogen-bond donors (Lipinski definition) is 3. The van der Waals surface area contributed by atoms with Gasteiger partial charge in [0.2, 0.25) is 0 Å². The minimum atomic E-state index is -0.732. The summed E-state index contributed by atoms with van der Waals surface area (Å²) in [6.07, 6.45) is 1.66. The van der Waals surface area contributed by atoms with E-state index in [2.05, 4.69) is 5.16 Å². The van der Waals surface area contributed by atoms with E-state index in [0.717, 1.165) is 25.1 Å². The first kappa shape index (κ1) is 14.5. The van der Waals surface area contributed by atoms with E-state index in [1.165, 1.54) is 0 Å². The largest absolute Gasteiger partial charge is 0.497 e. The summed E-state index contributed by atoms with van der Waals surface area (Å²) < 4.78 is 5.23. The number of oxime groups is 1. The number of β-amino-alcohol motifs (C(OH)–C–C–N with tert-alkyl or cyclic N) is 1. The Morgan fingerprint density at radius 3 is 2.85 bits per heavy atom. The van der Waals surface area contributed by atoms with E-state index in [1.54, 1.807) is 19.2 Å². The Morgan fingerprint density at radius 2 is 2.25 bits per heavy atom. The Bertz CT molecular complexity index is 514. The van der Waals surface area contributed by atoms with Gasteiger partial charge in [0, 0.05) is 24.7 Å². The fourth-order valence-electron chi connectivity index (χ4n) is 2.60. The summed E-state index contributed by atoms with van der Waals surface area (Å²) in [5.41, 5.74) is 6.43. The molecule has 6 nitrogen and oxygen atoms in total. The summed E-state index contributed by atoms with van der Waals surface area (Å²) in [6, 6.07) is 5.36. The van der Waals surface area contributed by atoms with Gasteiger partial charge < -0.3 is 25.7 Å². The average molecular weight is 279 g/mol. The van der Waals surface area contributed by atoms with Crippen molar-refractivity contribution in [3.8, 4) is 5.75 Å². The van der Waals surface area contributed by atoms with Crippen LogP contribution in [0.1, 0.15) is 25.3 Å². The molecule has 2 rings (SSSR count). The molecule has 1 heterocycles. The molecule has 0 amide bonds. The van der Waals surface area contributed by atoms with Crippen LogP contribution in [-0.4, -0.2) is 41.9 Å². The fraction of sp³-hybridized carbons (Fsp3) is 0.500. The van der Waals surface area contributed by atoms with Crippen LogP contribution in [0.15, 0.2) is 23.4 Å². The predicted molar refractivity (Wildman–Crippen MR) is 77.6 cm³/mol. The van der Waals surface area contributed by atoms with Crippen molar-refractivity contribution >= 4 is 11.5 Å². The van der Waals surface area contributed by atoms with Crippen LogP contribution < -0.4 is 15.4 Å². The quantitative estimate of drug-likeness (QED) is 0.334. The maximum atomic E-state index is 10.2. The van der Waals surface area contributed by atoms with Crippen LogP contribution in [0, 0.1) is 0 Å². The highest BCUT2D eigenvalue weighted by Crippen LogP contribution is 2.31. The van der Waals surface area contributed by atoms with E-state index >= 15 is 0 Å². The lowest BCUT2D eigenvalue weighted by molar-refractivity contribution is 0.0449. The number of methoxy groups -OCH3 is 1. The summed E-state index contributed by atoms with van der Waals surface area (Å²) in [7, 11) is 1.59. The minimum Gasteiger partial charge on any atom is -0.497 e. The van der Waals surface area contributed by atoms with Crippen molar-refractivity contribution in [1.82, 2.24) is 0 Å². The Morgan fingerprint density at radius 1 is 1.50 bits per heavy atom. The standard InChI is InChI=1S/C14H21N3O3/c1-14(18)6-3-7-17(9-14)12-8-10(20-2)4-5-11(12)13(15)16-19/h4-5,8,18-19H,3,6-7,9H2,1-2H3,(H2,15,16). The third kappa shape index (κ3) is 2.96. The fourth-order valence-corrected chi connectivity index (χ4v) is 2.60. The molecule has 1 unspecified atom stereocenters. The molecule has 0 aliphatic carbocycles. The average Bonchev–Trinajstić information content (AvgIpc) is 2.44. The maximum Gasteiger partial charge on any atom is 0.172 e. The van der Waals surface area contributed by atoms with Crippen molar-refractivity contribution in [1.29, 1.82) is 0 Å². The lowest BCUT2D eigenvalue weighted by Gasteiger charge is -2.39. The van der Waals surface area contributed by atoms with Crippen LogP contribution >= 0.6 is 0 Å². The SMILES string of the molecule is COc1ccc(/C(N)=N/O)c(N2CCCC(C)(O)C2)c1. The predicted octanol–water partition coefficient (Wildman–Crippen LogP) is 1.14. The smallest absolute Gasteiger partial charge is 0.172 e. The van der Waals surface area contributed by atoms with Crippen LogP contribution in [0.5, 0.6) is 5.75 Å². The second kappa shape index (κ2) is 5.58. The molecule has 0 saturated carbocycles. The van der Waals surface area contributed by atoms with Crippen LogP contribution in [0.3, 0.4) is 0 Å². The molecule has 0 spiro atoms. The van der Waals surface area contributed by atoms with E-state index in [1.807, 2.05) is 17.9 Å². The molecule has 0 aromatic heterocycles. The molecule has 1 aliphatic rings. The van der Waals surface area contributed by atoms with E-state index < -0.39 is 5.60 Å². The first-order chi connectivity index (χ1) is 9.46.